The summed E-state index contributed by atoms with van der Waals surface area (Å²) in [5.41, 5.74) is 19.0. The topological polar surface area (TPSA) is 57.2 Å². The van der Waals surface area contributed by atoms with Gasteiger partial charge in [-0.1, -0.05) is 146 Å². The predicted molar refractivity (Wildman–Crippen MR) is 288 cm³/mol. The third-order valence-electron chi connectivity index (χ3n) is 14.2. The number of benzene rings is 10. The van der Waals surface area contributed by atoms with Gasteiger partial charge >= 0.3 is 0 Å². The van der Waals surface area contributed by atoms with E-state index in [1.165, 1.54) is 10.8 Å². The van der Waals surface area contributed by atoms with Crippen LogP contribution in [0.4, 0.5) is 0 Å². The Hall–Kier alpha value is -9.45. The lowest BCUT2D eigenvalue weighted by Crippen LogP contribution is -1.93. The molecule has 0 fully saturated rings. The molecule has 0 aliphatic heterocycles. The van der Waals surface area contributed by atoms with E-state index in [-0.39, 0.29) is 0 Å². The van der Waals surface area contributed by atoms with E-state index < -0.39 is 0 Å². The fraction of sp³-hybridized carbons (Fsp3) is 0. The van der Waals surface area contributed by atoms with Crippen molar-refractivity contribution in [1.82, 2.24) is 9.55 Å². The van der Waals surface area contributed by atoms with Gasteiger partial charge in [-0.15, -0.1) is 0 Å². The molecule has 0 amide bonds. The van der Waals surface area contributed by atoms with Gasteiger partial charge in [-0.2, -0.15) is 0 Å². The second-order valence-corrected chi connectivity index (χ2v) is 18.2. The third kappa shape index (κ3) is 5.95. The van der Waals surface area contributed by atoms with E-state index >= 15 is 0 Å². The molecule has 0 radical (unpaired) electrons. The molecule has 0 N–H and O–H groups in total. The summed E-state index contributed by atoms with van der Waals surface area (Å²) >= 11 is 0. The maximum atomic E-state index is 6.62. The minimum absolute atomic E-state index is 0.820. The molecular formula is C65H38N2O3. The second kappa shape index (κ2) is 15.0. The molecule has 70 heavy (non-hydrogen) atoms. The van der Waals surface area contributed by atoms with Crippen molar-refractivity contribution in [2.45, 2.75) is 0 Å². The van der Waals surface area contributed by atoms with Gasteiger partial charge in [-0.05, 0) is 113 Å². The molecule has 0 spiro atoms. The zero-order valence-electron chi connectivity index (χ0n) is 37.6. The number of para-hydroxylation sites is 4. The molecule has 0 aliphatic carbocycles. The van der Waals surface area contributed by atoms with Crippen molar-refractivity contribution >= 4 is 87.6 Å². The Morgan fingerprint density at radius 2 is 0.857 bits per heavy atom. The van der Waals surface area contributed by atoms with Crippen LogP contribution in [0, 0.1) is 0 Å². The number of nitrogens with zero attached hydrogens (tertiary/aromatic N) is 2. The average Bonchev–Trinajstić information content (AvgIpc) is 4.19. The molecule has 15 aromatic rings. The van der Waals surface area contributed by atoms with Gasteiger partial charge in [0, 0.05) is 65.5 Å². The summed E-state index contributed by atoms with van der Waals surface area (Å²) in [5.74, 6) is 0. The van der Waals surface area contributed by atoms with Crippen molar-refractivity contribution < 1.29 is 13.3 Å². The number of hydrogen-bond acceptors (Lipinski definition) is 4. The van der Waals surface area contributed by atoms with Crippen molar-refractivity contribution in [2.24, 2.45) is 0 Å². The van der Waals surface area contributed by atoms with E-state index in [0.717, 1.165) is 138 Å². The third-order valence-corrected chi connectivity index (χ3v) is 14.2. The van der Waals surface area contributed by atoms with Gasteiger partial charge in [0.2, 0.25) is 0 Å². The van der Waals surface area contributed by atoms with E-state index in [1.54, 1.807) is 0 Å². The molecule has 0 saturated heterocycles. The molecule has 15 rings (SSSR count). The number of furan rings is 3. The quantitative estimate of drug-likeness (QED) is 0.167. The van der Waals surface area contributed by atoms with Gasteiger partial charge in [0.05, 0.1) is 22.4 Å². The van der Waals surface area contributed by atoms with Crippen LogP contribution in [-0.4, -0.2) is 9.55 Å². The number of aromatic nitrogens is 2. The number of fused-ring (bicyclic) bond motifs is 12. The highest BCUT2D eigenvalue weighted by Crippen LogP contribution is 2.43. The van der Waals surface area contributed by atoms with Crippen molar-refractivity contribution in [3.8, 4) is 61.6 Å². The second-order valence-electron chi connectivity index (χ2n) is 18.2. The zero-order valence-corrected chi connectivity index (χ0v) is 37.6. The smallest absolute Gasteiger partial charge is 0.143 e. The molecule has 326 valence electrons. The first-order chi connectivity index (χ1) is 34.7. The van der Waals surface area contributed by atoms with E-state index in [4.69, 9.17) is 18.2 Å². The van der Waals surface area contributed by atoms with Gasteiger partial charge in [0.15, 0.2) is 0 Å². The highest BCUT2D eigenvalue weighted by Gasteiger charge is 2.20. The lowest BCUT2D eigenvalue weighted by molar-refractivity contribution is 0.668. The van der Waals surface area contributed by atoms with E-state index in [2.05, 4.69) is 205 Å². The van der Waals surface area contributed by atoms with Crippen LogP contribution in [-0.2, 0) is 0 Å². The fourth-order valence-electron chi connectivity index (χ4n) is 10.9. The lowest BCUT2D eigenvalue weighted by atomic mass is 9.96. The Morgan fingerprint density at radius 3 is 1.71 bits per heavy atom. The van der Waals surface area contributed by atoms with Crippen molar-refractivity contribution in [1.29, 1.82) is 0 Å². The molecule has 5 aromatic heterocycles. The van der Waals surface area contributed by atoms with Crippen molar-refractivity contribution in [3.05, 3.63) is 231 Å². The largest absolute Gasteiger partial charge is 0.456 e. The van der Waals surface area contributed by atoms with Crippen LogP contribution in [0.15, 0.2) is 244 Å². The summed E-state index contributed by atoms with van der Waals surface area (Å²) in [6.07, 6.45) is 0. The summed E-state index contributed by atoms with van der Waals surface area (Å²) in [6.45, 7) is 0. The maximum Gasteiger partial charge on any atom is 0.143 e. The van der Waals surface area contributed by atoms with E-state index in [9.17, 15) is 0 Å². The molecule has 0 bridgehead atoms. The van der Waals surface area contributed by atoms with Gasteiger partial charge in [-0.3, -0.25) is 0 Å². The van der Waals surface area contributed by atoms with Crippen LogP contribution in [0.5, 0.6) is 0 Å². The Morgan fingerprint density at radius 1 is 0.286 bits per heavy atom. The van der Waals surface area contributed by atoms with Crippen LogP contribution < -0.4 is 0 Å². The highest BCUT2D eigenvalue weighted by atomic mass is 16.3. The van der Waals surface area contributed by atoms with Crippen LogP contribution in [0.2, 0.25) is 0 Å². The Balaban J connectivity index is 0.841. The molecule has 0 aliphatic rings. The number of pyridine rings is 1. The zero-order chi connectivity index (χ0) is 45.9. The predicted octanol–water partition coefficient (Wildman–Crippen LogP) is 18.2. The molecule has 5 heterocycles. The molecule has 0 saturated carbocycles. The molecule has 10 aromatic carbocycles. The summed E-state index contributed by atoms with van der Waals surface area (Å²) in [7, 11) is 0. The van der Waals surface area contributed by atoms with Crippen LogP contribution in [0.1, 0.15) is 0 Å². The van der Waals surface area contributed by atoms with E-state index in [0.29, 0.717) is 0 Å². The van der Waals surface area contributed by atoms with Crippen molar-refractivity contribution in [2.75, 3.05) is 0 Å². The fourth-order valence-corrected chi connectivity index (χ4v) is 10.9. The first-order valence-corrected chi connectivity index (χ1v) is 23.7. The van der Waals surface area contributed by atoms with Gasteiger partial charge in [0.1, 0.15) is 33.5 Å². The highest BCUT2D eigenvalue weighted by molar-refractivity contribution is 6.15. The van der Waals surface area contributed by atoms with Gasteiger partial charge in [-0.25, -0.2) is 4.98 Å². The summed E-state index contributed by atoms with van der Waals surface area (Å²) < 4.78 is 21.8. The lowest BCUT2D eigenvalue weighted by Gasteiger charge is -2.11. The Kier molecular flexibility index (Phi) is 8.29. The summed E-state index contributed by atoms with van der Waals surface area (Å²) in [6, 6.07) is 81.4. The van der Waals surface area contributed by atoms with Gasteiger partial charge in [0.25, 0.3) is 0 Å². The number of rotatable bonds is 6. The SMILES string of the molecule is c1ccc(-c2cc(-c3ccc4c(c3)oc3ccccc34)cc(-c3cccc4oc5ccc(-c6ccc7c(c6)c6ccccc6n7-c6ccc(-c7cccc8c7oc7ccccc78)cc6)cc5c34)n2)cc1. The molecule has 0 unspecified atom stereocenters. The van der Waals surface area contributed by atoms with Crippen molar-refractivity contribution in [3.63, 3.8) is 0 Å². The Labute approximate surface area is 400 Å². The summed E-state index contributed by atoms with van der Waals surface area (Å²) in [4.78, 5) is 5.37. The Bertz CT molecular complexity index is 4590. The maximum absolute atomic E-state index is 6.62. The first-order valence-electron chi connectivity index (χ1n) is 23.7. The van der Waals surface area contributed by atoms with E-state index in [1.807, 2.05) is 30.3 Å². The summed E-state index contributed by atoms with van der Waals surface area (Å²) in [5, 5.41) is 8.95. The van der Waals surface area contributed by atoms with Crippen LogP contribution in [0.3, 0.4) is 0 Å². The number of hydrogen-bond donors (Lipinski definition) is 0. The molecular weight excluding hydrogens is 857 g/mol. The van der Waals surface area contributed by atoms with Gasteiger partial charge < -0.3 is 17.8 Å². The molecule has 0 atom stereocenters. The minimum atomic E-state index is 0.820. The standard InChI is InChI=1S/C65H38N2O3/c1-2-12-40(13-3-1)55-36-44(43-26-31-50-48-15-5-8-21-59(48)69-63(50)38-43)37-56(66-55)52-19-11-23-62-64(52)54-35-42(28-33-61(54)68-62)41-27-32-58-53(34-41)47-14-4-7-20-57(47)67(58)45-29-24-39(25-30-45)46-17-10-18-51-49-16-6-9-22-60(49)70-65(46)51/h1-38H. The van der Waals surface area contributed by atoms with Crippen LogP contribution >= 0.6 is 0 Å². The normalized spacial score (nSPS) is 12.0. The monoisotopic (exact) mass is 894 g/mol. The minimum Gasteiger partial charge on any atom is -0.456 e. The molecule has 5 heteroatoms. The first kappa shape index (κ1) is 38.6. The van der Waals surface area contributed by atoms with Crippen LogP contribution in [0.25, 0.3) is 149 Å². The molecule has 5 nitrogen and oxygen atoms in total. The average molecular weight is 895 g/mol.